The molecule has 2 unspecified atom stereocenters. The summed E-state index contributed by atoms with van der Waals surface area (Å²) in [4.78, 5) is 12.9. The number of aliphatic hydroxyl groups is 1. The molecule has 1 aliphatic heterocycles. The molecule has 0 bridgehead atoms. The zero-order chi connectivity index (χ0) is 14.4. The molecule has 2 N–H and O–H groups in total. The van der Waals surface area contributed by atoms with Crippen LogP contribution in [0, 0.1) is 11.8 Å². The predicted molar refractivity (Wildman–Crippen MR) is 78.8 cm³/mol. The van der Waals surface area contributed by atoms with Gasteiger partial charge in [0.2, 0.25) is 0 Å². The second-order valence-electron chi connectivity index (χ2n) is 4.79. The maximum absolute atomic E-state index is 12.1. The van der Waals surface area contributed by atoms with Crippen LogP contribution in [-0.2, 0) is 4.74 Å². The number of carbonyl (C=O) groups is 1. The van der Waals surface area contributed by atoms with Crippen molar-refractivity contribution in [1.29, 1.82) is 0 Å². The molecule has 0 spiro atoms. The number of hydrogen-bond donors (Lipinski definition) is 2. The summed E-state index contributed by atoms with van der Waals surface area (Å²) in [6.45, 7) is 2.82. The van der Waals surface area contributed by atoms with Crippen LogP contribution in [0.5, 0.6) is 0 Å². The van der Waals surface area contributed by atoms with E-state index in [0.29, 0.717) is 12.0 Å². The largest absolute Gasteiger partial charge is 0.395 e. The molecule has 2 atom stereocenters. The van der Waals surface area contributed by atoms with Gasteiger partial charge in [-0.1, -0.05) is 11.8 Å². The van der Waals surface area contributed by atoms with Gasteiger partial charge in [-0.15, -0.1) is 11.3 Å². The quantitative estimate of drug-likeness (QED) is 0.832. The number of aliphatic hydroxyl groups excluding tert-OH is 1. The molecule has 4 nitrogen and oxygen atoms in total. The summed E-state index contributed by atoms with van der Waals surface area (Å²) in [5.74, 6) is 5.70. The molecule has 1 saturated heterocycles. The highest BCUT2D eigenvalue weighted by Gasteiger charge is 2.24. The first-order chi connectivity index (χ1) is 9.70. The third-order valence-electron chi connectivity index (χ3n) is 3.19. The molecule has 2 rings (SSSR count). The fraction of sp³-hybridized carbons (Fsp3) is 0.533. The molecule has 0 radical (unpaired) electrons. The molecule has 5 heteroatoms. The molecule has 0 aliphatic carbocycles. The fourth-order valence-electron chi connectivity index (χ4n) is 2.11. The van der Waals surface area contributed by atoms with Crippen LogP contribution in [0.15, 0.2) is 11.4 Å². The van der Waals surface area contributed by atoms with Crippen molar-refractivity contribution in [3.8, 4) is 11.8 Å². The van der Waals surface area contributed by atoms with Crippen molar-refractivity contribution in [1.82, 2.24) is 5.32 Å². The first-order valence-corrected chi connectivity index (χ1v) is 7.69. The van der Waals surface area contributed by atoms with Crippen molar-refractivity contribution in [2.75, 3.05) is 13.2 Å². The molecule has 1 fully saturated rings. The molecule has 1 aliphatic rings. The average Bonchev–Trinajstić information content (AvgIpc) is 3.10. The highest BCUT2D eigenvalue weighted by Crippen LogP contribution is 2.17. The molecular weight excluding hydrogens is 274 g/mol. The number of thiophene rings is 1. The van der Waals surface area contributed by atoms with Crippen molar-refractivity contribution in [3.05, 3.63) is 21.9 Å². The summed E-state index contributed by atoms with van der Waals surface area (Å²) < 4.78 is 5.56. The van der Waals surface area contributed by atoms with Crippen LogP contribution in [-0.4, -0.2) is 36.4 Å². The molecule has 20 heavy (non-hydrogen) atoms. The van der Waals surface area contributed by atoms with E-state index in [9.17, 15) is 4.79 Å². The normalized spacial score (nSPS) is 19.2. The molecule has 0 aromatic carbocycles. The zero-order valence-electron chi connectivity index (χ0n) is 11.5. The molecule has 108 valence electrons. The lowest BCUT2D eigenvalue weighted by Gasteiger charge is -2.19. The summed E-state index contributed by atoms with van der Waals surface area (Å²) in [6, 6.07) is 1.81. The van der Waals surface area contributed by atoms with Crippen LogP contribution in [0.1, 0.15) is 41.4 Å². The van der Waals surface area contributed by atoms with Gasteiger partial charge in [-0.2, -0.15) is 0 Å². The Morgan fingerprint density at radius 3 is 3.25 bits per heavy atom. The molecule has 2 heterocycles. The Balaban J connectivity index is 1.90. The first-order valence-electron chi connectivity index (χ1n) is 6.81. The van der Waals surface area contributed by atoms with E-state index in [2.05, 4.69) is 17.2 Å². The predicted octanol–water partition coefficient (Wildman–Crippen LogP) is 1.78. The monoisotopic (exact) mass is 293 g/mol. The summed E-state index contributed by atoms with van der Waals surface area (Å²) in [6.07, 6.45) is 2.65. The Kier molecular flexibility index (Phi) is 5.60. The topological polar surface area (TPSA) is 58.6 Å². The van der Waals surface area contributed by atoms with E-state index < -0.39 is 0 Å². The Morgan fingerprint density at radius 1 is 1.70 bits per heavy atom. The van der Waals surface area contributed by atoms with Gasteiger partial charge in [-0.3, -0.25) is 4.79 Å². The van der Waals surface area contributed by atoms with Crippen LogP contribution in [0.2, 0.25) is 0 Å². The van der Waals surface area contributed by atoms with E-state index >= 15 is 0 Å². The SMILES string of the molecule is CC(NC(=O)c1csc(C#CCCO)c1)C1CCCO1. The molecular formula is C15H19NO3S. The van der Waals surface area contributed by atoms with Crippen molar-refractivity contribution in [3.63, 3.8) is 0 Å². The zero-order valence-corrected chi connectivity index (χ0v) is 12.3. The third-order valence-corrected chi connectivity index (χ3v) is 4.04. The van der Waals surface area contributed by atoms with Crippen LogP contribution in [0.25, 0.3) is 0 Å². The minimum absolute atomic E-state index is 0.0221. The standard InChI is InChI=1S/C15H19NO3S/c1-11(14-6-4-8-19-14)16-15(18)12-9-13(20-10-12)5-2-3-7-17/h9-11,14,17H,3-4,6-8H2,1H3,(H,16,18). The van der Waals surface area contributed by atoms with Crippen LogP contribution >= 0.6 is 11.3 Å². The number of ether oxygens (including phenoxy) is 1. The smallest absolute Gasteiger partial charge is 0.252 e. The van der Waals surface area contributed by atoms with Gasteiger partial charge < -0.3 is 15.2 Å². The van der Waals surface area contributed by atoms with Crippen molar-refractivity contribution in [2.24, 2.45) is 0 Å². The minimum atomic E-state index is -0.0838. The van der Waals surface area contributed by atoms with E-state index in [1.54, 1.807) is 11.4 Å². The van der Waals surface area contributed by atoms with Crippen LogP contribution < -0.4 is 5.32 Å². The number of hydrogen-bond acceptors (Lipinski definition) is 4. The van der Waals surface area contributed by atoms with Crippen LogP contribution in [0.3, 0.4) is 0 Å². The molecule has 1 aromatic heterocycles. The summed E-state index contributed by atoms with van der Waals surface area (Å²) >= 11 is 1.44. The number of carbonyl (C=O) groups excluding carboxylic acids is 1. The summed E-state index contributed by atoms with van der Waals surface area (Å²) in [5.41, 5.74) is 0.633. The van der Waals surface area contributed by atoms with Gasteiger partial charge in [0.05, 0.1) is 29.2 Å². The molecule has 0 saturated carbocycles. The van der Waals surface area contributed by atoms with Crippen molar-refractivity contribution >= 4 is 17.2 Å². The van der Waals surface area contributed by atoms with E-state index in [4.69, 9.17) is 9.84 Å². The van der Waals surface area contributed by atoms with E-state index in [1.807, 2.05) is 6.92 Å². The van der Waals surface area contributed by atoms with E-state index in [0.717, 1.165) is 24.3 Å². The number of amides is 1. The Bertz CT molecular complexity index is 509. The highest BCUT2D eigenvalue weighted by molar-refractivity contribution is 7.10. The van der Waals surface area contributed by atoms with Gasteiger partial charge in [0, 0.05) is 18.4 Å². The van der Waals surface area contributed by atoms with Gasteiger partial charge in [0.25, 0.3) is 5.91 Å². The molecule has 1 amide bonds. The highest BCUT2D eigenvalue weighted by atomic mass is 32.1. The van der Waals surface area contributed by atoms with Gasteiger partial charge >= 0.3 is 0 Å². The van der Waals surface area contributed by atoms with Gasteiger partial charge in [0.15, 0.2) is 0 Å². The lowest BCUT2D eigenvalue weighted by molar-refractivity contribution is 0.0712. The van der Waals surface area contributed by atoms with E-state index in [-0.39, 0.29) is 24.7 Å². The van der Waals surface area contributed by atoms with Crippen molar-refractivity contribution < 1.29 is 14.6 Å². The molecule has 1 aromatic rings. The van der Waals surface area contributed by atoms with Gasteiger partial charge in [-0.25, -0.2) is 0 Å². The summed E-state index contributed by atoms with van der Waals surface area (Å²) in [5, 5.41) is 13.4. The Morgan fingerprint density at radius 2 is 2.55 bits per heavy atom. The maximum atomic E-state index is 12.1. The fourth-order valence-corrected chi connectivity index (χ4v) is 2.86. The van der Waals surface area contributed by atoms with E-state index in [1.165, 1.54) is 11.3 Å². The Labute approximate surface area is 123 Å². The second-order valence-corrected chi connectivity index (χ2v) is 5.70. The van der Waals surface area contributed by atoms with Gasteiger partial charge in [0.1, 0.15) is 0 Å². The number of rotatable bonds is 4. The van der Waals surface area contributed by atoms with Crippen molar-refractivity contribution in [2.45, 2.75) is 38.3 Å². The minimum Gasteiger partial charge on any atom is -0.395 e. The summed E-state index contributed by atoms with van der Waals surface area (Å²) in [7, 11) is 0. The second kappa shape index (κ2) is 7.44. The first kappa shape index (κ1) is 15.0. The van der Waals surface area contributed by atoms with Gasteiger partial charge in [-0.05, 0) is 25.8 Å². The third kappa shape index (κ3) is 4.07. The maximum Gasteiger partial charge on any atom is 0.252 e. The lowest BCUT2D eigenvalue weighted by atomic mass is 10.1. The average molecular weight is 293 g/mol. The number of nitrogens with one attached hydrogen (secondary N) is 1. The lowest BCUT2D eigenvalue weighted by Crippen LogP contribution is -2.40. The van der Waals surface area contributed by atoms with Crippen LogP contribution in [0.4, 0.5) is 0 Å². The Hall–Kier alpha value is -1.35.